The van der Waals surface area contributed by atoms with E-state index in [9.17, 15) is 14.7 Å². The maximum Gasteiger partial charge on any atom is 0.255 e. The number of primary amides is 1. The monoisotopic (exact) mass is 400 g/mol. The summed E-state index contributed by atoms with van der Waals surface area (Å²) in [6, 6.07) is 0.322. The van der Waals surface area contributed by atoms with Crippen molar-refractivity contribution in [2.45, 2.75) is 25.1 Å². The summed E-state index contributed by atoms with van der Waals surface area (Å²) in [5.41, 5.74) is 5.69. The number of hydrogen-bond donors (Lipinski definition) is 3. The average Bonchev–Trinajstić information content (AvgIpc) is 3.07. The summed E-state index contributed by atoms with van der Waals surface area (Å²) in [7, 11) is 0.324. The van der Waals surface area contributed by atoms with Gasteiger partial charge in [-0.3, -0.25) is 13.9 Å². The Morgan fingerprint density at radius 3 is 2.78 bits per heavy atom. The molecule has 0 aliphatic carbocycles. The van der Waals surface area contributed by atoms with Crippen molar-refractivity contribution in [3.63, 3.8) is 0 Å². The molecule has 0 spiro atoms. The van der Waals surface area contributed by atoms with E-state index in [1.54, 1.807) is 23.2 Å². The zero-order chi connectivity index (χ0) is 17.3. The summed E-state index contributed by atoms with van der Waals surface area (Å²) >= 11 is 3.26. The zero-order valence-electron chi connectivity index (χ0n) is 12.9. The number of carbonyl (C=O) groups excluding carboxylic acids is 2. The van der Waals surface area contributed by atoms with Crippen LogP contribution in [0.5, 0.6) is 0 Å². The molecule has 0 saturated carbocycles. The molecular formula is C13H19BrN5O3Si. The Labute approximate surface area is 144 Å². The Morgan fingerprint density at radius 2 is 2.30 bits per heavy atom. The van der Waals surface area contributed by atoms with Crippen LogP contribution in [0.3, 0.4) is 0 Å². The minimum absolute atomic E-state index is 0.219. The first kappa shape index (κ1) is 17.7. The third kappa shape index (κ3) is 3.19. The highest BCUT2D eigenvalue weighted by molar-refractivity contribution is 9.10. The van der Waals surface area contributed by atoms with Crippen LogP contribution in [0.25, 0.3) is 0 Å². The Morgan fingerprint density at radius 1 is 1.65 bits per heavy atom. The molecule has 1 aromatic rings. The van der Waals surface area contributed by atoms with Crippen LogP contribution in [0, 0.1) is 0 Å². The minimum Gasteiger partial charge on any atom is -0.391 e. The van der Waals surface area contributed by atoms with E-state index in [-0.39, 0.29) is 17.5 Å². The standard InChI is InChI=1S/C13H19BrN5O3Si/c1-4-9(21)18-6-23(5-8(18)7(2)20)19-13(16-3)10(12(15)22)11(14)17-19/h4,7-8,16,20H,1,5-6H2,2-3H3,(H2,15,22)/t7?,8-/m1/s1. The van der Waals surface area contributed by atoms with Crippen LogP contribution in [0.2, 0.25) is 6.04 Å². The molecule has 1 saturated heterocycles. The lowest BCUT2D eigenvalue weighted by Gasteiger charge is -2.25. The summed E-state index contributed by atoms with van der Waals surface area (Å²) < 4.78 is 2.11. The topological polar surface area (TPSA) is 113 Å². The summed E-state index contributed by atoms with van der Waals surface area (Å²) in [5, 5.41) is 17.3. The summed E-state index contributed by atoms with van der Waals surface area (Å²) in [6.07, 6.45) is 1.05. The lowest BCUT2D eigenvalue weighted by atomic mass is 10.2. The van der Waals surface area contributed by atoms with Gasteiger partial charge in [0, 0.05) is 13.2 Å². The molecule has 125 valence electrons. The normalized spacial score (nSPS) is 19.7. The summed E-state index contributed by atoms with van der Waals surface area (Å²) in [4.78, 5) is 25.3. The number of anilines is 1. The van der Waals surface area contributed by atoms with Crippen LogP contribution >= 0.6 is 15.9 Å². The van der Waals surface area contributed by atoms with Crippen LogP contribution in [-0.4, -0.2) is 65.6 Å². The van der Waals surface area contributed by atoms with Gasteiger partial charge in [-0.15, -0.1) is 0 Å². The predicted molar refractivity (Wildman–Crippen MR) is 91.3 cm³/mol. The van der Waals surface area contributed by atoms with Crippen LogP contribution in [0.15, 0.2) is 17.3 Å². The summed E-state index contributed by atoms with van der Waals surface area (Å²) in [5.74, 6) is -0.280. The van der Waals surface area contributed by atoms with Gasteiger partial charge in [-0.25, -0.2) is 0 Å². The number of aliphatic hydroxyl groups is 1. The van der Waals surface area contributed by atoms with E-state index in [4.69, 9.17) is 5.73 Å². The van der Waals surface area contributed by atoms with Gasteiger partial charge in [-0.1, -0.05) is 6.58 Å². The molecule has 2 amide bonds. The van der Waals surface area contributed by atoms with Crippen molar-refractivity contribution in [2.75, 3.05) is 18.5 Å². The van der Waals surface area contributed by atoms with Gasteiger partial charge >= 0.3 is 0 Å². The molecule has 2 rings (SSSR count). The second-order valence-electron chi connectivity index (χ2n) is 5.29. The second-order valence-corrected chi connectivity index (χ2v) is 8.32. The molecule has 2 heterocycles. The first-order valence-electron chi connectivity index (χ1n) is 7.04. The molecule has 1 aliphatic heterocycles. The van der Waals surface area contributed by atoms with Crippen LogP contribution in [-0.2, 0) is 4.79 Å². The Kier molecular flexibility index (Phi) is 5.27. The lowest BCUT2D eigenvalue weighted by molar-refractivity contribution is -0.128. The second kappa shape index (κ2) is 6.85. The Balaban J connectivity index is 2.40. The smallest absolute Gasteiger partial charge is 0.255 e. The fourth-order valence-corrected chi connectivity index (χ4v) is 6.48. The van der Waals surface area contributed by atoms with Gasteiger partial charge in [0.25, 0.3) is 5.91 Å². The maximum absolute atomic E-state index is 12.0. The van der Waals surface area contributed by atoms with Gasteiger partial charge in [0.2, 0.25) is 14.9 Å². The number of hydrogen-bond acceptors (Lipinski definition) is 5. The molecule has 8 nitrogen and oxygen atoms in total. The molecule has 4 N–H and O–H groups in total. The highest BCUT2D eigenvalue weighted by Gasteiger charge is 2.41. The number of amides is 2. The van der Waals surface area contributed by atoms with E-state index in [0.717, 1.165) is 0 Å². The molecule has 23 heavy (non-hydrogen) atoms. The molecular weight excluding hydrogens is 382 g/mol. The van der Waals surface area contributed by atoms with Crippen molar-refractivity contribution in [1.29, 1.82) is 0 Å². The number of halogens is 1. The number of carbonyl (C=O) groups is 2. The van der Waals surface area contributed by atoms with E-state index >= 15 is 0 Å². The molecule has 1 radical (unpaired) electrons. The number of aromatic nitrogens is 2. The number of nitrogens with two attached hydrogens (primary N) is 1. The van der Waals surface area contributed by atoms with Crippen molar-refractivity contribution in [1.82, 2.24) is 14.3 Å². The van der Waals surface area contributed by atoms with Crippen molar-refractivity contribution < 1.29 is 14.7 Å². The number of aliphatic hydroxyl groups excluding tert-OH is 1. The van der Waals surface area contributed by atoms with E-state index in [1.807, 2.05) is 0 Å². The molecule has 1 unspecified atom stereocenters. The quantitative estimate of drug-likeness (QED) is 0.473. The molecule has 10 heteroatoms. The molecule has 1 fully saturated rings. The van der Waals surface area contributed by atoms with Crippen molar-refractivity contribution in [2.24, 2.45) is 5.73 Å². The van der Waals surface area contributed by atoms with E-state index < -0.39 is 21.0 Å². The molecule has 2 atom stereocenters. The Bertz CT molecular complexity index is 648. The van der Waals surface area contributed by atoms with Crippen molar-refractivity contribution >= 4 is 42.5 Å². The average molecular weight is 401 g/mol. The molecule has 0 bridgehead atoms. The fraction of sp³-hybridized carbons (Fsp3) is 0.462. The summed E-state index contributed by atoms with van der Waals surface area (Å²) in [6.45, 7) is 5.17. The number of rotatable bonds is 5. The Hall–Kier alpha value is -1.65. The number of nitrogens with zero attached hydrogens (tertiary/aromatic N) is 3. The van der Waals surface area contributed by atoms with Crippen molar-refractivity contribution in [3.05, 3.63) is 22.8 Å². The van der Waals surface area contributed by atoms with Crippen LogP contribution in [0.1, 0.15) is 17.3 Å². The maximum atomic E-state index is 12.0. The zero-order valence-corrected chi connectivity index (χ0v) is 15.5. The van der Waals surface area contributed by atoms with Crippen LogP contribution in [0.4, 0.5) is 5.82 Å². The van der Waals surface area contributed by atoms with Gasteiger partial charge < -0.3 is 21.1 Å². The predicted octanol–water partition coefficient (Wildman–Crippen LogP) is -0.0574. The van der Waals surface area contributed by atoms with E-state index in [0.29, 0.717) is 22.6 Å². The van der Waals surface area contributed by atoms with Crippen LogP contribution < -0.4 is 11.1 Å². The van der Waals surface area contributed by atoms with Gasteiger partial charge in [-0.2, -0.15) is 5.10 Å². The van der Waals surface area contributed by atoms with E-state index in [1.165, 1.54) is 6.08 Å². The number of nitrogens with one attached hydrogen (secondary N) is 1. The van der Waals surface area contributed by atoms with Gasteiger partial charge in [0.05, 0.1) is 12.1 Å². The highest BCUT2D eigenvalue weighted by atomic mass is 79.9. The first-order chi connectivity index (χ1) is 10.8. The SMILES string of the molecule is C=CC(=O)N1C[Si](n2nc(Br)c(C(N)=O)c2NC)C[C@@H]1C(C)O. The van der Waals surface area contributed by atoms with Gasteiger partial charge in [-0.05, 0) is 35.0 Å². The first-order valence-corrected chi connectivity index (χ1v) is 9.69. The largest absolute Gasteiger partial charge is 0.391 e. The molecule has 0 aromatic carbocycles. The third-order valence-corrected chi connectivity index (χ3v) is 6.91. The van der Waals surface area contributed by atoms with E-state index in [2.05, 4.69) is 32.9 Å². The lowest BCUT2D eigenvalue weighted by Crippen LogP contribution is -2.41. The van der Waals surface area contributed by atoms with Gasteiger partial charge in [0.1, 0.15) is 16.0 Å². The minimum atomic E-state index is -1.36. The fourth-order valence-electron chi connectivity index (χ4n) is 2.74. The highest BCUT2D eigenvalue weighted by Crippen LogP contribution is 2.29. The molecule has 1 aromatic heterocycles. The van der Waals surface area contributed by atoms with Crippen molar-refractivity contribution in [3.8, 4) is 0 Å². The van der Waals surface area contributed by atoms with Gasteiger partial charge in [0.15, 0.2) is 0 Å². The third-order valence-electron chi connectivity index (χ3n) is 3.84. The molecule has 1 aliphatic rings.